The van der Waals surface area contributed by atoms with Crippen LogP contribution in [-0.2, 0) is 16.0 Å². The number of hydrogen-bond acceptors (Lipinski definition) is 3. The van der Waals surface area contributed by atoms with Crippen molar-refractivity contribution in [2.24, 2.45) is 0 Å². The van der Waals surface area contributed by atoms with Crippen LogP contribution in [0.4, 0.5) is 0 Å². The van der Waals surface area contributed by atoms with Crippen molar-refractivity contribution >= 4 is 11.9 Å². The summed E-state index contributed by atoms with van der Waals surface area (Å²) in [6.07, 6.45) is 5.70. The Balaban J connectivity index is 1.74. The molecule has 1 fully saturated rings. The molecule has 1 aromatic rings. The predicted octanol–water partition coefficient (Wildman–Crippen LogP) is 2.14. The Morgan fingerprint density at radius 3 is 2.43 bits per heavy atom. The van der Waals surface area contributed by atoms with Gasteiger partial charge in [-0.25, -0.2) is 0 Å². The van der Waals surface area contributed by atoms with Crippen molar-refractivity contribution in [1.29, 1.82) is 0 Å². The van der Waals surface area contributed by atoms with E-state index < -0.39 is 5.97 Å². The number of carboxylic acid groups (broad SMARTS) is 1. The topological polar surface area (TPSA) is 75.6 Å². The molecule has 1 amide bonds. The van der Waals surface area contributed by atoms with Gasteiger partial charge >= 0.3 is 5.97 Å². The van der Waals surface area contributed by atoms with Gasteiger partial charge in [0.15, 0.2) is 6.61 Å². The number of rotatable bonds is 6. The van der Waals surface area contributed by atoms with Crippen molar-refractivity contribution in [2.75, 3.05) is 6.61 Å². The van der Waals surface area contributed by atoms with Crippen molar-refractivity contribution in [3.05, 3.63) is 29.8 Å². The minimum absolute atomic E-state index is 0.00518. The summed E-state index contributed by atoms with van der Waals surface area (Å²) in [5.74, 6) is -0.394. The standard InChI is InChI=1S/C16H21NO4/c18-15(17-13-4-2-1-3-5-13)11-21-14-8-6-12(7-9-14)10-16(19)20/h6-9,13H,1-5,10-11H2,(H,17,18)(H,19,20). The molecule has 0 unspecified atom stereocenters. The largest absolute Gasteiger partial charge is 0.484 e. The Labute approximate surface area is 124 Å². The molecule has 114 valence electrons. The summed E-state index contributed by atoms with van der Waals surface area (Å²) >= 11 is 0. The smallest absolute Gasteiger partial charge is 0.307 e. The number of carboxylic acids is 1. The second kappa shape index (κ2) is 7.67. The molecule has 0 saturated heterocycles. The monoisotopic (exact) mass is 291 g/mol. The van der Waals surface area contributed by atoms with Crippen LogP contribution in [-0.4, -0.2) is 29.6 Å². The number of benzene rings is 1. The fraction of sp³-hybridized carbons (Fsp3) is 0.500. The van der Waals surface area contributed by atoms with Gasteiger partial charge in [-0.05, 0) is 30.5 Å². The number of aliphatic carboxylic acids is 1. The van der Waals surface area contributed by atoms with Gasteiger partial charge in [-0.3, -0.25) is 9.59 Å². The first-order valence-corrected chi connectivity index (χ1v) is 7.36. The molecular weight excluding hydrogens is 270 g/mol. The summed E-state index contributed by atoms with van der Waals surface area (Å²) < 4.78 is 5.41. The third kappa shape index (κ3) is 5.45. The summed E-state index contributed by atoms with van der Waals surface area (Å²) in [6.45, 7) is -0.00518. The highest BCUT2D eigenvalue weighted by Gasteiger charge is 2.15. The predicted molar refractivity (Wildman–Crippen MR) is 78.3 cm³/mol. The van der Waals surface area contributed by atoms with Crippen LogP contribution in [0, 0.1) is 0 Å². The second-order valence-corrected chi connectivity index (χ2v) is 5.41. The van der Waals surface area contributed by atoms with E-state index in [1.807, 2.05) is 0 Å². The first-order chi connectivity index (χ1) is 10.1. The maximum atomic E-state index is 11.8. The summed E-state index contributed by atoms with van der Waals surface area (Å²) in [5, 5.41) is 11.7. The first kappa shape index (κ1) is 15.4. The van der Waals surface area contributed by atoms with Gasteiger partial charge in [0.25, 0.3) is 5.91 Å². The summed E-state index contributed by atoms with van der Waals surface area (Å²) in [4.78, 5) is 22.4. The molecule has 5 nitrogen and oxygen atoms in total. The summed E-state index contributed by atoms with van der Waals surface area (Å²) in [5.41, 5.74) is 0.710. The zero-order chi connectivity index (χ0) is 15.1. The van der Waals surface area contributed by atoms with Crippen LogP contribution >= 0.6 is 0 Å². The number of ether oxygens (including phenoxy) is 1. The Kier molecular flexibility index (Phi) is 5.60. The minimum Gasteiger partial charge on any atom is -0.484 e. The Bertz CT molecular complexity index is 478. The molecule has 0 bridgehead atoms. The quantitative estimate of drug-likeness (QED) is 0.842. The Morgan fingerprint density at radius 2 is 1.81 bits per heavy atom. The fourth-order valence-corrected chi connectivity index (χ4v) is 2.54. The zero-order valence-electron chi connectivity index (χ0n) is 12.0. The van der Waals surface area contributed by atoms with Gasteiger partial charge in [-0.1, -0.05) is 31.4 Å². The molecule has 1 aliphatic rings. The van der Waals surface area contributed by atoms with Gasteiger partial charge in [0.05, 0.1) is 6.42 Å². The molecule has 0 aliphatic heterocycles. The van der Waals surface area contributed by atoms with Crippen molar-refractivity contribution in [3.63, 3.8) is 0 Å². The van der Waals surface area contributed by atoms with Crippen LogP contribution in [0.2, 0.25) is 0 Å². The number of carbonyl (C=O) groups is 2. The first-order valence-electron chi connectivity index (χ1n) is 7.36. The maximum Gasteiger partial charge on any atom is 0.307 e. The molecular formula is C16H21NO4. The van der Waals surface area contributed by atoms with E-state index in [1.54, 1.807) is 24.3 Å². The molecule has 1 aromatic carbocycles. The third-order valence-electron chi connectivity index (χ3n) is 3.62. The normalized spacial score (nSPS) is 15.4. The Morgan fingerprint density at radius 1 is 1.14 bits per heavy atom. The molecule has 1 aliphatic carbocycles. The van der Waals surface area contributed by atoms with Crippen molar-refractivity contribution in [1.82, 2.24) is 5.32 Å². The molecule has 0 aromatic heterocycles. The van der Waals surface area contributed by atoms with Gasteiger partial charge in [-0.15, -0.1) is 0 Å². The van der Waals surface area contributed by atoms with E-state index in [1.165, 1.54) is 19.3 Å². The number of amides is 1. The van der Waals surface area contributed by atoms with Gasteiger partial charge in [0.1, 0.15) is 5.75 Å². The van der Waals surface area contributed by atoms with E-state index in [0.717, 1.165) is 12.8 Å². The Hall–Kier alpha value is -2.04. The fourth-order valence-electron chi connectivity index (χ4n) is 2.54. The van der Waals surface area contributed by atoms with Crippen LogP contribution in [0.1, 0.15) is 37.7 Å². The van der Waals surface area contributed by atoms with Gasteiger partial charge in [0, 0.05) is 6.04 Å². The molecule has 0 atom stereocenters. The lowest BCUT2D eigenvalue weighted by atomic mass is 9.95. The molecule has 5 heteroatoms. The second-order valence-electron chi connectivity index (χ2n) is 5.41. The van der Waals surface area contributed by atoms with E-state index in [9.17, 15) is 9.59 Å². The van der Waals surface area contributed by atoms with Gasteiger partial charge in [0.2, 0.25) is 0 Å². The van der Waals surface area contributed by atoms with E-state index in [-0.39, 0.29) is 25.0 Å². The van der Waals surface area contributed by atoms with Crippen molar-refractivity contribution in [2.45, 2.75) is 44.6 Å². The van der Waals surface area contributed by atoms with E-state index in [0.29, 0.717) is 11.3 Å². The molecule has 1 saturated carbocycles. The van der Waals surface area contributed by atoms with Crippen molar-refractivity contribution < 1.29 is 19.4 Å². The average Bonchev–Trinajstić information content (AvgIpc) is 2.47. The zero-order valence-corrected chi connectivity index (χ0v) is 12.0. The number of hydrogen-bond donors (Lipinski definition) is 2. The number of nitrogens with one attached hydrogen (secondary N) is 1. The van der Waals surface area contributed by atoms with Crippen LogP contribution < -0.4 is 10.1 Å². The molecule has 0 radical (unpaired) electrons. The summed E-state index contributed by atoms with van der Waals surface area (Å²) in [6, 6.07) is 7.05. The van der Waals surface area contributed by atoms with Crippen LogP contribution in [0.25, 0.3) is 0 Å². The van der Waals surface area contributed by atoms with Crippen LogP contribution in [0.15, 0.2) is 24.3 Å². The highest BCUT2D eigenvalue weighted by atomic mass is 16.5. The van der Waals surface area contributed by atoms with Gasteiger partial charge < -0.3 is 15.2 Å². The lowest BCUT2D eigenvalue weighted by Crippen LogP contribution is -2.38. The highest BCUT2D eigenvalue weighted by Crippen LogP contribution is 2.17. The molecule has 2 rings (SSSR count). The maximum absolute atomic E-state index is 11.8. The number of carbonyl (C=O) groups excluding carboxylic acids is 1. The summed E-state index contributed by atoms with van der Waals surface area (Å²) in [7, 11) is 0. The van der Waals surface area contributed by atoms with Gasteiger partial charge in [-0.2, -0.15) is 0 Å². The van der Waals surface area contributed by atoms with Crippen molar-refractivity contribution in [3.8, 4) is 5.75 Å². The lowest BCUT2D eigenvalue weighted by Gasteiger charge is -2.22. The lowest BCUT2D eigenvalue weighted by molar-refractivity contribution is -0.136. The molecule has 21 heavy (non-hydrogen) atoms. The molecule has 0 heterocycles. The van der Waals surface area contributed by atoms with Crippen LogP contribution in [0.3, 0.4) is 0 Å². The van der Waals surface area contributed by atoms with E-state index >= 15 is 0 Å². The van der Waals surface area contributed by atoms with Crippen LogP contribution in [0.5, 0.6) is 5.75 Å². The third-order valence-corrected chi connectivity index (χ3v) is 3.62. The molecule has 0 spiro atoms. The van der Waals surface area contributed by atoms with E-state index in [2.05, 4.69) is 5.32 Å². The SMILES string of the molecule is O=C(O)Cc1ccc(OCC(=O)NC2CCCCC2)cc1. The average molecular weight is 291 g/mol. The highest BCUT2D eigenvalue weighted by molar-refractivity contribution is 5.77. The van der Waals surface area contributed by atoms with E-state index in [4.69, 9.17) is 9.84 Å². The molecule has 2 N–H and O–H groups in total. The minimum atomic E-state index is -0.865.